The fraction of sp³-hybridized carbons (Fsp3) is 0. The smallest absolute Gasteiger partial charge is 0.251 e. The van der Waals surface area contributed by atoms with Gasteiger partial charge in [0.25, 0.3) is 5.91 Å². The van der Waals surface area contributed by atoms with Gasteiger partial charge in [0.05, 0.1) is 11.3 Å². The van der Waals surface area contributed by atoms with Crippen LogP contribution in [0.3, 0.4) is 0 Å². The summed E-state index contributed by atoms with van der Waals surface area (Å²) in [5.41, 5.74) is 10.6. The van der Waals surface area contributed by atoms with E-state index in [2.05, 4.69) is 17.0 Å². The van der Waals surface area contributed by atoms with Gasteiger partial charge in [-0.1, -0.05) is 12.6 Å². The molecule has 0 saturated heterocycles. The Morgan fingerprint density at radius 3 is 2.45 bits per heavy atom. The highest BCUT2D eigenvalue weighted by Gasteiger charge is 2.17. The molecule has 0 unspecified atom stereocenters. The van der Waals surface area contributed by atoms with Crippen LogP contribution in [0.2, 0.25) is 0 Å². The molecule has 3 aromatic rings. The van der Waals surface area contributed by atoms with Crippen molar-refractivity contribution in [2.24, 2.45) is 5.73 Å². The molecule has 0 bridgehead atoms. The molecule has 1 aromatic heterocycles. The first-order valence-electron chi connectivity index (χ1n) is 8.09. The highest BCUT2D eigenvalue weighted by molar-refractivity contribution is 5.99. The van der Waals surface area contributed by atoms with E-state index in [-0.39, 0.29) is 33.9 Å². The first-order valence-corrected chi connectivity index (χ1v) is 8.09. The van der Waals surface area contributed by atoms with Crippen molar-refractivity contribution in [3.05, 3.63) is 72.2 Å². The quantitative estimate of drug-likeness (QED) is 0.570. The lowest BCUT2D eigenvalue weighted by Crippen LogP contribution is -2.12. The van der Waals surface area contributed by atoms with Crippen LogP contribution >= 0.6 is 0 Å². The number of amides is 2. The van der Waals surface area contributed by atoms with Crippen LogP contribution < -0.4 is 16.8 Å². The van der Waals surface area contributed by atoms with E-state index in [4.69, 9.17) is 11.5 Å². The number of rotatable bonds is 5. The maximum absolute atomic E-state index is 14.3. The first kappa shape index (κ1) is 19.7. The van der Waals surface area contributed by atoms with Crippen molar-refractivity contribution in [3.8, 4) is 16.8 Å². The molecule has 10 heteroatoms. The molecule has 0 atom stereocenters. The molecule has 0 aliphatic carbocycles. The van der Waals surface area contributed by atoms with E-state index in [0.29, 0.717) is 6.07 Å². The fourth-order valence-electron chi connectivity index (χ4n) is 2.61. The molecule has 5 N–H and O–H groups in total. The Kier molecular flexibility index (Phi) is 5.09. The highest BCUT2D eigenvalue weighted by atomic mass is 19.1. The molecule has 7 nitrogen and oxygen atoms in total. The molecule has 2 aromatic carbocycles. The van der Waals surface area contributed by atoms with E-state index in [1.165, 1.54) is 18.3 Å². The van der Waals surface area contributed by atoms with Crippen LogP contribution in [-0.4, -0.2) is 21.6 Å². The molecule has 0 saturated carbocycles. The number of halogens is 3. The van der Waals surface area contributed by atoms with Gasteiger partial charge in [-0.2, -0.15) is 0 Å². The third kappa shape index (κ3) is 3.81. The lowest BCUT2D eigenvalue weighted by Gasteiger charge is -2.09. The predicted molar refractivity (Wildman–Crippen MR) is 101 cm³/mol. The summed E-state index contributed by atoms with van der Waals surface area (Å²) in [5, 5.41) is 6.17. The number of anilines is 2. The van der Waals surface area contributed by atoms with E-state index in [1.54, 1.807) is 0 Å². The van der Waals surface area contributed by atoms with Crippen LogP contribution in [-0.2, 0) is 4.79 Å². The fourth-order valence-corrected chi connectivity index (χ4v) is 2.61. The van der Waals surface area contributed by atoms with Gasteiger partial charge in [0, 0.05) is 17.8 Å². The molecule has 1 heterocycles. The molecule has 0 aliphatic heterocycles. The van der Waals surface area contributed by atoms with Gasteiger partial charge in [-0.25, -0.2) is 17.9 Å². The van der Waals surface area contributed by atoms with Crippen LogP contribution in [0, 0.1) is 17.5 Å². The maximum atomic E-state index is 14.3. The van der Waals surface area contributed by atoms with E-state index in [0.717, 1.165) is 22.9 Å². The van der Waals surface area contributed by atoms with Gasteiger partial charge in [-0.3, -0.25) is 9.59 Å². The molecule has 148 valence electrons. The zero-order valence-corrected chi connectivity index (χ0v) is 14.7. The van der Waals surface area contributed by atoms with Crippen molar-refractivity contribution >= 4 is 23.3 Å². The number of nitrogens with zero attached hydrogens (tertiary/aromatic N) is 2. The molecule has 0 fully saturated rings. The second-order valence-corrected chi connectivity index (χ2v) is 5.91. The molecule has 0 radical (unpaired) electrons. The van der Waals surface area contributed by atoms with E-state index >= 15 is 0 Å². The van der Waals surface area contributed by atoms with Gasteiger partial charge in [0.15, 0.2) is 11.6 Å². The number of hydrogen-bond donors (Lipinski definition) is 3. The SMILES string of the molecule is C=CC(=O)Nc1cc(-n2cc(-c3ccc(C(N)=O)c(F)c3)c(N)n2)c(F)cc1F. The van der Waals surface area contributed by atoms with Crippen molar-refractivity contribution in [2.75, 3.05) is 11.1 Å². The number of nitrogen functional groups attached to an aromatic ring is 1. The minimum atomic E-state index is -0.995. The number of aromatic nitrogens is 2. The second-order valence-electron chi connectivity index (χ2n) is 5.91. The van der Waals surface area contributed by atoms with Gasteiger partial charge < -0.3 is 16.8 Å². The van der Waals surface area contributed by atoms with Crippen LogP contribution in [0.15, 0.2) is 49.2 Å². The number of primary amides is 1. The topological polar surface area (TPSA) is 116 Å². The van der Waals surface area contributed by atoms with Crippen molar-refractivity contribution < 1.29 is 22.8 Å². The van der Waals surface area contributed by atoms with Gasteiger partial charge in [-0.15, -0.1) is 5.10 Å². The molecule has 0 aliphatic rings. The number of hydrogen-bond acceptors (Lipinski definition) is 4. The molecular weight excluding hydrogens is 387 g/mol. The third-order valence-electron chi connectivity index (χ3n) is 4.01. The Morgan fingerprint density at radius 1 is 1.10 bits per heavy atom. The lowest BCUT2D eigenvalue weighted by atomic mass is 10.1. The molecule has 29 heavy (non-hydrogen) atoms. The molecule has 0 spiro atoms. The standard InChI is InChI=1S/C19H14F3N5O2/c1-2-17(28)25-15-7-16(14(22)6-13(15)21)27-8-11(18(23)26-27)9-3-4-10(19(24)29)12(20)5-9/h2-8H,1H2,(H2,23,26)(H2,24,29)(H,25,28). The minimum Gasteiger partial charge on any atom is -0.382 e. The van der Waals surface area contributed by atoms with Crippen LogP contribution in [0.1, 0.15) is 10.4 Å². The Balaban J connectivity index is 2.06. The maximum Gasteiger partial charge on any atom is 0.251 e. The second kappa shape index (κ2) is 7.50. The normalized spacial score (nSPS) is 10.6. The predicted octanol–water partition coefficient (Wildman–Crippen LogP) is 2.76. The summed E-state index contributed by atoms with van der Waals surface area (Å²) in [6.07, 6.45) is 2.22. The number of carbonyl (C=O) groups excluding carboxylic acids is 2. The minimum absolute atomic E-state index is 0.0726. The van der Waals surface area contributed by atoms with Gasteiger partial charge in [0.2, 0.25) is 5.91 Å². The molecule has 3 rings (SSSR count). The van der Waals surface area contributed by atoms with E-state index in [1.807, 2.05) is 0 Å². The van der Waals surface area contributed by atoms with Gasteiger partial charge in [0.1, 0.15) is 17.3 Å². The third-order valence-corrected chi connectivity index (χ3v) is 4.01. The van der Waals surface area contributed by atoms with Crippen LogP contribution in [0.5, 0.6) is 0 Å². The van der Waals surface area contributed by atoms with Crippen molar-refractivity contribution in [2.45, 2.75) is 0 Å². The number of benzene rings is 2. The summed E-state index contributed by atoms with van der Waals surface area (Å²) >= 11 is 0. The summed E-state index contributed by atoms with van der Waals surface area (Å²) in [7, 11) is 0. The number of nitrogens with two attached hydrogens (primary N) is 2. The van der Waals surface area contributed by atoms with Crippen LogP contribution in [0.25, 0.3) is 16.8 Å². The Bertz CT molecular complexity index is 1160. The number of carbonyl (C=O) groups is 2. The average Bonchev–Trinajstić information content (AvgIpc) is 3.04. The number of nitrogens with one attached hydrogen (secondary N) is 1. The van der Waals surface area contributed by atoms with Crippen molar-refractivity contribution in [3.63, 3.8) is 0 Å². The Labute approximate surface area is 162 Å². The van der Waals surface area contributed by atoms with Crippen molar-refractivity contribution in [1.82, 2.24) is 9.78 Å². The van der Waals surface area contributed by atoms with E-state index in [9.17, 15) is 22.8 Å². The molecule has 2 amide bonds. The average molecular weight is 401 g/mol. The first-order chi connectivity index (χ1) is 13.7. The zero-order valence-electron chi connectivity index (χ0n) is 14.7. The summed E-state index contributed by atoms with van der Waals surface area (Å²) in [6, 6.07) is 5.23. The highest BCUT2D eigenvalue weighted by Crippen LogP contribution is 2.29. The van der Waals surface area contributed by atoms with Crippen molar-refractivity contribution in [1.29, 1.82) is 0 Å². The molecular formula is C19H14F3N5O2. The monoisotopic (exact) mass is 401 g/mol. The Hall–Kier alpha value is -4.08. The Morgan fingerprint density at radius 2 is 1.83 bits per heavy atom. The van der Waals surface area contributed by atoms with E-state index < -0.39 is 29.3 Å². The van der Waals surface area contributed by atoms with Crippen LogP contribution in [0.4, 0.5) is 24.7 Å². The summed E-state index contributed by atoms with van der Waals surface area (Å²) in [4.78, 5) is 22.6. The van der Waals surface area contributed by atoms with Gasteiger partial charge in [-0.05, 0) is 29.8 Å². The lowest BCUT2D eigenvalue weighted by molar-refractivity contribution is -0.111. The summed E-state index contributed by atoms with van der Waals surface area (Å²) < 4.78 is 43.3. The summed E-state index contributed by atoms with van der Waals surface area (Å²) in [5.74, 6) is -4.51. The summed E-state index contributed by atoms with van der Waals surface area (Å²) in [6.45, 7) is 3.26. The zero-order chi connectivity index (χ0) is 21.3. The largest absolute Gasteiger partial charge is 0.382 e. The van der Waals surface area contributed by atoms with Gasteiger partial charge >= 0.3 is 0 Å².